The standard InChI is InChI=1S/C27H30N2O5/c1-18(26(32)29-16-6-7-19(29)12-13-25(30)31)14-15-28-27(33)34-17-24-22-10-4-2-8-20(22)21-9-3-5-11-23(21)24/h2-5,8-11,14,19,24H,6-7,12-13,15-17H2,1H3,(H,28,33)(H,30,31)/b18-14+. The molecule has 2 aromatic carbocycles. The summed E-state index contributed by atoms with van der Waals surface area (Å²) in [5.74, 6) is -0.962. The van der Waals surface area contributed by atoms with Gasteiger partial charge in [-0.2, -0.15) is 0 Å². The van der Waals surface area contributed by atoms with Crippen molar-refractivity contribution in [2.24, 2.45) is 0 Å². The largest absolute Gasteiger partial charge is 0.481 e. The number of hydrogen-bond donors (Lipinski definition) is 2. The van der Waals surface area contributed by atoms with E-state index < -0.39 is 12.1 Å². The number of carbonyl (C=O) groups excluding carboxylic acids is 2. The second-order valence-electron chi connectivity index (χ2n) is 8.82. The van der Waals surface area contributed by atoms with Crippen LogP contribution in [0.5, 0.6) is 0 Å². The maximum atomic E-state index is 12.8. The van der Waals surface area contributed by atoms with Gasteiger partial charge >= 0.3 is 12.1 Å². The van der Waals surface area contributed by atoms with Crippen LogP contribution in [0.25, 0.3) is 11.1 Å². The first-order chi connectivity index (χ1) is 16.5. The van der Waals surface area contributed by atoms with Crippen LogP contribution in [0.4, 0.5) is 4.79 Å². The molecule has 0 aromatic heterocycles. The Labute approximate surface area is 199 Å². The molecule has 0 saturated carbocycles. The highest BCUT2D eigenvalue weighted by atomic mass is 16.5. The van der Waals surface area contributed by atoms with E-state index in [1.807, 2.05) is 24.3 Å². The summed E-state index contributed by atoms with van der Waals surface area (Å²) < 4.78 is 5.52. The van der Waals surface area contributed by atoms with Gasteiger partial charge in [0.25, 0.3) is 0 Å². The van der Waals surface area contributed by atoms with Crippen LogP contribution in [-0.4, -0.2) is 53.7 Å². The number of fused-ring (bicyclic) bond motifs is 3. The van der Waals surface area contributed by atoms with Gasteiger partial charge in [-0.25, -0.2) is 4.79 Å². The summed E-state index contributed by atoms with van der Waals surface area (Å²) in [5.41, 5.74) is 5.18. The van der Waals surface area contributed by atoms with Crippen LogP contribution in [0.2, 0.25) is 0 Å². The molecule has 1 heterocycles. The molecule has 178 valence electrons. The number of likely N-dealkylation sites (tertiary alicyclic amines) is 1. The number of nitrogens with zero attached hydrogens (tertiary/aromatic N) is 1. The van der Waals surface area contributed by atoms with E-state index in [0.717, 1.165) is 24.0 Å². The molecule has 1 unspecified atom stereocenters. The first-order valence-electron chi connectivity index (χ1n) is 11.7. The van der Waals surface area contributed by atoms with Crippen molar-refractivity contribution in [1.82, 2.24) is 10.2 Å². The van der Waals surface area contributed by atoms with E-state index in [9.17, 15) is 14.4 Å². The molecular weight excluding hydrogens is 432 g/mol. The summed E-state index contributed by atoms with van der Waals surface area (Å²) in [5, 5.41) is 11.6. The molecular formula is C27H30N2O5. The van der Waals surface area contributed by atoms with Gasteiger partial charge < -0.3 is 20.1 Å². The maximum Gasteiger partial charge on any atom is 0.407 e. The molecule has 34 heavy (non-hydrogen) atoms. The summed E-state index contributed by atoms with van der Waals surface area (Å²) in [4.78, 5) is 37.7. The number of carboxylic acids is 1. The van der Waals surface area contributed by atoms with E-state index in [4.69, 9.17) is 9.84 Å². The van der Waals surface area contributed by atoms with E-state index in [-0.39, 0.29) is 37.4 Å². The van der Waals surface area contributed by atoms with Crippen molar-refractivity contribution in [3.63, 3.8) is 0 Å². The van der Waals surface area contributed by atoms with Crippen LogP contribution in [0.15, 0.2) is 60.2 Å². The SMILES string of the molecule is C/C(=C\CNC(=O)OCC1c2ccccc2-c2ccccc21)C(=O)N1CCCC1CCC(=O)O. The number of benzene rings is 2. The highest BCUT2D eigenvalue weighted by Crippen LogP contribution is 2.44. The number of alkyl carbamates (subject to hydrolysis) is 1. The van der Waals surface area contributed by atoms with Crippen molar-refractivity contribution in [2.75, 3.05) is 19.7 Å². The van der Waals surface area contributed by atoms with Gasteiger partial charge in [0.2, 0.25) is 5.91 Å². The maximum absolute atomic E-state index is 12.8. The molecule has 0 spiro atoms. The summed E-state index contributed by atoms with van der Waals surface area (Å²) in [7, 11) is 0. The number of carbonyl (C=O) groups is 3. The van der Waals surface area contributed by atoms with E-state index in [1.165, 1.54) is 11.1 Å². The Morgan fingerprint density at radius 1 is 1.09 bits per heavy atom. The zero-order chi connectivity index (χ0) is 24.1. The summed E-state index contributed by atoms with van der Waals surface area (Å²) in [6.07, 6.45) is 3.37. The van der Waals surface area contributed by atoms with Crippen molar-refractivity contribution in [2.45, 2.75) is 44.6 Å². The second kappa shape index (κ2) is 10.5. The molecule has 2 aromatic rings. The van der Waals surface area contributed by atoms with Gasteiger partial charge in [0, 0.05) is 37.0 Å². The van der Waals surface area contributed by atoms with Crippen molar-refractivity contribution in [3.8, 4) is 11.1 Å². The van der Waals surface area contributed by atoms with Crippen molar-refractivity contribution >= 4 is 18.0 Å². The third-order valence-corrected chi connectivity index (χ3v) is 6.67. The topological polar surface area (TPSA) is 95.9 Å². The normalized spacial score (nSPS) is 17.3. The van der Waals surface area contributed by atoms with Crippen LogP contribution in [0.3, 0.4) is 0 Å². The predicted molar refractivity (Wildman–Crippen MR) is 128 cm³/mol. The highest BCUT2D eigenvalue weighted by molar-refractivity contribution is 5.93. The molecule has 1 aliphatic heterocycles. The Balaban J connectivity index is 1.28. The van der Waals surface area contributed by atoms with Crippen molar-refractivity contribution in [3.05, 3.63) is 71.3 Å². The van der Waals surface area contributed by atoms with E-state index in [2.05, 4.69) is 29.6 Å². The Morgan fingerprint density at radius 2 is 1.74 bits per heavy atom. The number of aliphatic carboxylic acids is 1. The van der Waals surface area contributed by atoms with Gasteiger partial charge in [-0.3, -0.25) is 9.59 Å². The molecule has 7 nitrogen and oxygen atoms in total. The molecule has 2 N–H and O–H groups in total. The number of nitrogens with one attached hydrogen (secondary N) is 1. The molecule has 1 saturated heterocycles. The average molecular weight is 463 g/mol. The Kier molecular flexibility index (Phi) is 7.30. The Bertz CT molecular complexity index is 1060. The van der Waals surface area contributed by atoms with E-state index in [1.54, 1.807) is 17.9 Å². The molecule has 1 atom stereocenters. The van der Waals surface area contributed by atoms with Gasteiger partial charge in [0.1, 0.15) is 6.61 Å². The van der Waals surface area contributed by atoms with Gasteiger partial charge in [0.15, 0.2) is 0 Å². The number of hydrogen-bond acceptors (Lipinski definition) is 4. The fourth-order valence-electron chi connectivity index (χ4n) is 4.94. The number of carboxylic acid groups (broad SMARTS) is 1. The first kappa shape index (κ1) is 23.5. The van der Waals surface area contributed by atoms with Gasteiger partial charge in [-0.05, 0) is 48.4 Å². The first-order valence-corrected chi connectivity index (χ1v) is 11.7. The molecule has 1 aliphatic carbocycles. The fourth-order valence-corrected chi connectivity index (χ4v) is 4.94. The molecule has 1 fully saturated rings. The van der Waals surface area contributed by atoms with Gasteiger partial charge in [0.05, 0.1) is 0 Å². The van der Waals surface area contributed by atoms with Crippen LogP contribution in [0, 0.1) is 0 Å². The van der Waals surface area contributed by atoms with E-state index >= 15 is 0 Å². The quantitative estimate of drug-likeness (QED) is 0.570. The molecule has 2 aliphatic rings. The van der Waals surface area contributed by atoms with E-state index in [0.29, 0.717) is 18.5 Å². The number of ether oxygens (including phenoxy) is 1. The van der Waals surface area contributed by atoms with Crippen molar-refractivity contribution in [1.29, 1.82) is 0 Å². The monoisotopic (exact) mass is 462 g/mol. The van der Waals surface area contributed by atoms with Crippen LogP contribution in [0.1, 0.15) is 49.7 Å². The number of amides is 2. The van der Waals surface area contributed by atoms with Crippen LogP contribution in [-0.2, 0) is 14.3 Å². The molecule has 2 amide bonds. The lowest BCUT2D eigenvalue weighted by Crippen LogP contribution is -2.36. The van der Waals surface area contributed by atoms with Crippen molar-refractivity contribution < 1.29 is 24.2 Å². The lowest BCUT2D eigenvalue weighted by Gasteiger charge is -2.24. The highest BCUT2D eigenvalue weighted by Gasteiger charge is 2.30. The van der Waals surface area contributed by atoms with Crippen LogP contribution >= 0.6 is 0 Å². The zero-order valence-electron chi connectivity index (χ0n) is 19.3. The molecule has 0 radical (unpaired) electrons. The molecule has 0 bridgehead atoms. The predicted octanol–water partition coefficient (Wildman–Crippen LogP) is 4.33. The second-order valence-corrected chi connectivity index (χ2v) is 8.82. The lowest BCUT2D eigenvalue weighted by atomic mass is 9.98. The van der Waals surface area contributed by atoms with Gasteiger partial charge in [-0.15, -0.1) is 0 Å². The summed E-state index contributed by atoms with van der Waals surface area (Å²) in [6.45, 7) is 2.77. The molecule has 7 heteroatoms. The smallest absolute Gasteiger partial charge is 0.407 e. The average Bonchev–Trinajstić information content (AvgIpc) is 3.43. The minimum absolute atomic E-state index is 0.00471. The molecule has 4 rings (SSSR count). The minimum atomic E-state index is -0.848. The number of rotatable bonds is 8. The third kappa shape index (κ3) is 5.14. The van der Waals surface area contributed by atoms with Crippen LogP contribution < -0.4 is 5.32 Å². The fraction of sp³-hybridized carbons (Fsp3) is 0.370. The summed E-state index contributed by atoms with van der Waals surface area (Å²) >= 11 is 0. The zero-order valence-corrected chi connectivity index (χ0v) is 19.3. The van der Waals surface area contributed by atoms with Gasteiger partial charge in [-0.1, -0.05) is 54.6 Å². The Hall–Kier alpha value is -3.61. The summed E-state index contributed by atoms with van der Waals surface area (Å²) in [6, 6.07) is 16.3. The lowest BCUT2D eigenvalue weighted by molar-refractivity contribution is -0.138. The third-order valence-electron chi connectivity index (χ3n) is 6.67. The Morgan fingerprint density at radius 3 is 2.38 bits per heavy atom. The minimum Gasteiger partial charge on any atom is -0.481 e.